The lowest BCUT2D eigenvalue weighted by Crippen LogP contribution is -2.30. The van der Waals surface area contributed by atoms with Crippen LogP contribution in [0.5, 0.6) is 0 Å². The minimum atomic E-state index is -0.493. The second-order valence-corrected chi connectivity index (χ2v) is 7.64. The SMILES string of the molecule is CN(C)c1ccc(C(=O)OCC(=O)NCCSCc2cccs2)cc1. The van der Waals surface area contributed by atoms with Gasteiger partial charge in [0.2, 0.25) is 0 Å². The molecule has 1 N–H and O–H groups in total. The van der Waals surface area contributed by atoms with Crippen molar-refractivity contribution in [3.8, 4) is 0 Å². The topological polar surface area (TPSA) is 58.6 Å². The quantitative estimate of drug-likeness (QED) is 0.537. The van der Waals surface area contributed by atoms with Crippen LogP contribution in [0, 0.1) is 0 Å². The molecule has 0 aliphatic carbocycles. The molecule has 134 valence electrons. The van der Waals surface area contributed by atoms with Crippen LogP contribution in [-0.2, 0) is 15.3 Å². The molecule has 1 aromatic carbocycles. The fraction of sp³-hybridized carbons (Fsp3) is 0.333. The third-order valence-corrected chi connectivity index (χ3v) is 5.41. The Kier molecular flexibility index (Phi) is 7.81. The molecule has 0 atom stereocenters. The van der Waals surface area contributed by atoms with Crippen LogP contribution < -0.4 is 10.2 Å². The second-order valence-electron chi connectivity index (χ2n) is 5.50. The number of esters is 1. The number of nitrogens with zero attached hydrogens (tertiary/aromatic N) is 1. The number of amides is 1. The summed E-state index contributed by atoms with van der Waals surface area (Å²) < 4.78 is 5.04. The van der Waals surface area contributed by atoms with Crippen molar-refractivity contribution in [1.29, 1.82) is 0 Å². The molecule has 1 amide bonds. The minimum Gasteiger partial charge on any atom is -0.452 e. The van der Waals surface area contributed by atoms with Gasteiger partial charge in [-0.25, -0.2) is 4.79 Å². The number of carbonyl (C=O) groups excluding carboxylic acids is 2. The molecule has 1 aromatic heterocycles. The number of carbonyl (C=O) groups is 2. The molecule has 2 rings (SSSR count). The number of nitrogens with one attached hydrogen (secondary N) is 1. The summed E-state index contributed by atoms with van der Waals surface area (Å²) in [5, 5.41) is 4.81. The molecule has 0 fully saturated rings. The molecule has 0 saturated heterocycles. The number of hydrogen-bond acceptors (Lipinski definition) is 6. The Hall–Kier alpha value is -1.99. The first-order valence-corrected chi connectivity index (χ1v) is 9.91. The summed E-state index contributed by atoms with van der Waals surface area (Å²) in [6.45, 7) is 0.299. The summed E-state index contributed by atoms with van der Waals surface area (Å²) >= 11 is 3.49. The molecule has 0 aliphatic heterocycles. The van der Waals surface area contributed by atoms with E-state index in [0.717, 1.165) is 17.2 Å². The van der Waals surface area contributed by atoms with E-state index in [-0.39, 0.29) is 12.5 Å². The van der Waals surface area contributed by atoms with E-state index in [1.807, 2.05) is 37.2 Å². The monoisotopic (exact) mass is 378 g/mol. The molecule has 1 heterocycles. The molecule has 25 heavy (non-hydrogen) atoms. The highest BCUT2D eigenvalue weighted by Crippen LogP contribution is 2.16. The van der Waals surface area contributed by atoms with Gasteiger partial charge in [-0.2, -0.15) is 11.8 Å². The van der Waals surface area contributed by atoms with Crippen molar-refractivity contribution in [2.45, 2.75) is 5.75 Å². The molecule has 2 aromatic rings. The first-order chi connectivity index (χ1) is 12.1. The maximum Gasteiger partial charge on any atom is 0.338 e. The lowest BCUT2D eigenvalue weighted by molar-refractivity contribution is -0.124. The maximum atomic E-state index is 11.9. The number of hydrogen-bond donors (Lipinski definition) is 1. The van der Waals surface area contributed by atoms with Crippen molar-refractivity contribution in [3.63, 3.8) is 0 Å². The van der Waals surface area contributed by atoms with Crippen LogP contribution in [0.2, 0.25) is 0 Å². The van der Waals surface area contributed by atoms with Crippen LogP contribution in [0.25, 0.3) is 0 Å². The van der Waals surface area contributed by atoms with Gasteiger partial charge in [-0.05, 0) is 35.7 Å². The Morgan fingerprint density at radius 2 is 1.96 bits per heavy atom. The van der Waals surface area contributed by atoms with Crippen molar-refractivity contribution >= 4 is 40.7 Å². The molecular formula is C18H22N2O3S2. The third kappa shape index (κ3) is 6.80. The van der Waals surface area contributed by atoms with Crippen molar-refractivity contribution in [1.82, 2.24) is 5.32 Å². The molecular weight excluding hydrogens is 356 g/mol. The van der Waals surface area contributed by atoms with E-state index in [2.05, 4.69) is 16.8 Å². The van der Waals surface area contributed by atoms with Gasteiger partial charge in [0.1, 0.15) is 0 Å². The van der Waals surface area contributed by atoms with Gasteiger partial charge in [0.15, 0.2) is 6.61 Å². The zero-order chi connectivity index (χ0) is 18.1. The van der Waals surface area contributed by atoms with E-state index >= 15 is 0 Å². The minimum absolute atomic E-state index is 0.260. The van der Waals surface area contributed by atoms with Gasteiger partial charge in [0.05, 0.1) is 5.56 Å². The fourth-order valence-corrected chi connectivity index (χ4v) is 3.69. The molecule has 0 saturated carbocycles. The van der Waals surface area contributed by atoms with Gasteiger partial charge >= 0.3 is 5.97 Å². The average molecular weight is 379 g/mol. The Morgan fingerprint density at radius 1 is 1.20 bits per heavy atom. The lowest BCUT2D eigenvalue weighted by Gasteiger charge is -2.12. The Morgan fingerprint density at radius 3 is 2.60 bits per heavy atom. The summed E-state index contributed by atoms with van der Waals surface area (Å²) in [5.74, 6) is 0.997. The zero-order valence-electron chi connectivity index (χ0n) is 14.4. The summed E-state index contributed by atoms with van der Waals surface area (Å²) in [4.78, 5) is 26.9. The normalized spacial score (nSPS) is 10.3. The number of ether oxygens (including phenoxy) is 1. The zero-order valence-corrected chi connectivity index (χ0v) is 16.0. The molecule has 0 spiro atoms. The fourth-order valence-electron chi connectivity index (χ4n) is 1.99. The first-order valence-electron chi connectivity index (χ1n) is 7.87. The highest BCUT2D eigenvalue weighted by atomic mass is 32.2. The average Bonchev–Trinajstić information content (AvgIpc) is 3.13. The summed E-state index contributed by atoms with van der Waals surface area (Å²) in [7, 11) is 3.85. The summed E-state index contributed by atoms with van der Waals surface area (Å²) in [6.07, 6.45) is 0. The molecule has 7 heteroatoms. The number of benzene rings is 1. The lowest BCUT2D eigenvalue weighted by atomic mass is 10.2. The van der Waals surface area contributed by atoms with Gasteiger partial charge in [0.25, 0.3) is 5.91 Å². The van der Waals surface area contributed by atoms with Crippen LogP contribution in [0.15, 0.2) is 41.8 Å². The van der Waals surface area contributed by atoms with Gasteiger partial charge in [-0.3, -0.25) is 4.79 Å². The van der Waals surface area contributed by atoms with Crippen LogP contribution in [0.4, 0.5) is 5.69 Å². The largest absolute Gasteiger partial charge is 0.452 e. The van der Waals surface area contributed by atoms with Crippen molar-refractivity contribution in [2.75, 3.05) is 37.9 Å². The summed E-state index contributed by atoms with van der Waals surface area (Å²) in [6, 6.07) is 11.2. The van der Waals surface area contributed by atoms with E-state index in [4.69, 9.17) is 4.74 Å². The number of thioether (sulfide) groups is 1. The Labute approximate surface area is 156 Å². The van der Waals surface area contributed by atoms with E-state index in [0.29, 0.717) is 12.1 Å². The van der Waals surface area contributed by atoms with Crippen molar-refractivity contribution in [2.24, 2.45) is 0 Å². The summed E-state index contributed by atoms with van der Waals surface area (Å²) in [5.41, 5.74) is 1.43. The van der Waals surface area contributed by atoms with Crippen LogP contribution >= 0.6 is 23.1 Å². The van der Waals surface area contributed by atoms with Gasteiger partial charge in [0, 0.05) is 42.7 Å². The smallest absolute Gasteiger partial charge is 0.338 e. The molecule has 0 aliphatic rings. The van der Waals surface area contributed by atoms with Gasteiger partial charge in [-0.1, -0.05) is 6.07 Å². The third-order valence-electron chi connectivity index (χ3n) is 3.35. The number of anilines is 1. The van der Waals surface area contributed by atoms with Gasteiger partial charge < -0.3 is 15.0 Å². The standard InChI is InChI=1S/C18H22N2O3S2/c1-20(2)15-7-5-14(6-8-15)18(22)23-12-17(21)19-9-11-24-13-16-4-3-10-25-16/h3-8,10H,9,11-13H2,1-2H3,(H,19,21). The Bertz CT molecular complexity index is 670. The molecule has 0 bridgehead atoms. The predicted octanol–water partition coefficient (Wildman–Crippen LogP) is 3.02. The van der Waals surface area contributed by atoms with Crippen molar-refractivity contribution < 1.29 is 14.3 Å². The Balaban J connectivity index is 1.61. The van der Waals surface area contributed by atoms with Crippen LogP contribution in [-0.4, -0.2) is 44.9 Å². The van der Waals surface area contributed by atoms with E-state index < -0.39 is 5.97 Å². The molecule has 0 radical (unpaired) electrons. The van der Waals surface area contributed by atoms with Crippen LogP contribution in [0.3, 0.4) is 0 Å². The number of rotatable bonds is 9. The first kappa shape index (κ1) is 19.3. The van der Waals surface area contributed by atoms with Crippen LogP contribution in [0.1, 0.15) is 15.2 Å². The molecule has 0 unspecified atom stereocenters. The molecule has 5 nitrogen and oxygen atoms in total. The van der Waals surface area contributed by atoms with Gasteiger partial charge in [-0.15, -0.1) is 11.3 Å². The predicted molar refractivity (Wildman–Crippen MR) is 105 cm³/mol. The number of thiophene rings is 1. The second kappa shape index (κ2) is 10.1. The van der Waals surface area contributed by atoms with E-state index in [1.165, 1.54) is 4.88 Å². The van der Waals surface area contributed by atoms with E-state index in [9.17, 15) is 9.59 Å². The highest BCUT2D eigenvalue weighted by Gasteiger charge is 2.10. The van der Waals surface area contributed by atoms with E-state index in [1.54, 1.807) is 35.2 Å². The van der Waals surface area contributed by atoms with Crippen molar-refractivity contribution in [3.05, 3.63) is 52.2 Å². The maximum absolute atomic E-state index is 11.9. The highest BCUT2D eigenvalue weighted by molar-refractivity contribution is 7.98.